The summed E-state index contributed by atoms with van der Waals surface area (Å²) >= 11 is 0. The number of nitrogens with one attached hydrogen (secondary N) is 1. The van der Waals surface area contributed by atoms with Crippen molar-refractivity contribution in [3.05, 3.63) is 89.7 Å². The van der Waals surface area contributed by atoms with Gasteiger partial charge in [-0.05, 0) is 91.5 Å². The molecule has 1 amide bonds. The van der Waals surface area contributed by atoms with E-state index in [-0.39, 0.29) is 48.3 Å². The predicted molar refractivity (Wildman–Crippen MR) is 162 cm³/mol. The standard InChI is InChI=1S/C34H39F3N2O3S/c1-24(27-10-14-31(35)15-11-27)38-33(40)30-8-4-26(5-9-30)22-43(41,42)32-16-12-29(13-17-32)28-6-2-25(3-7-28)18-20-39-21-19-34(36,37)23-39/h2-3,6-7,10-17,24,26,30H,4-5,8-9,18-23H2,1H3,(H,38,40). The van der Waals surface area contributed by atoms with Gasteiger partial charge in [0.25, 0.3) is 5.92 Å². The van der Waals surface area contributed by atoms with Crippen molar-refractivity contribution in [1.82, 2.24) is 10.2 Å². The molecular weight excluding hydrogens is 573 g/mol. The summed E-state index contributed by atoms with van der Waals surface area (Å²) in [7, 11) is -3.47. The SMILES string of the molecule is CC(NC(=O)C1CCC(CS(=O)(=O)c2ccc(-c3ccc(CCN4CCC(F)(F)C4)cc3)cc2)CC1)c1ccc(F)cc1. The molecule has 3 aromatic rings. The molecular formula is C34H39F3N2O3S. The maximum atomic E-state index is 13.4. The smallest absolute Gasteiger partial charge is 0.261 e. The lowest BCUT2D eigenvalue weighted by Crippen LogP contribution is -2.35. The van der Waals surface area contributed by atoms with E-state index >= 15 is 0 Å². The Morgan fingerprint density at radius 1 is 0.930 bits per heavy atom. The van der Waals surface area contributed by atoms with Crippen molar-refractivity contribution in [2.75, 3.05) is 25.4 Å². The molecule has 1 unspecified atom stereocenters. The van der Waals surface area contributed by atoms with Gasteiger partial charge in [0.15, 0.2) is 9.84 Å². The number of hydrogen-bond donors (Lipinski definition) is 1. The minimum Gasteiger partial charge on any atom is -0.349 e. The van der Waals surface area contributed by atoms with E-state index in [4.69, 9.17) is 0 Å². The number of benzene rings is 3. The highest BCUT2D eigenvalue weighted by Gasteiger charge is 2.37. The molecule has 1 aliphatic heterocycles. The summed E-state index contributed by atoms with van der Waals surface area (Å²) in [5.41, 5.74) is 3.78. The zero-order valence-corrected chi connectivity index (χ0v) is 25.3. The largest absolute Gasteiger partial charge is 0.349 e. The van der Waals surface area contributed by atoms with Gasteiger partial charge < -0.3 is 5.32 Å². The molecule has 43 heavy (non-hydrogen) atoms. The summed E-state index contributed by atoms with van der Waals surface area (Å²) < 4.78 is 66.4. The highest BCUT2D eigenvalue weighted by Crippen LogP contribution is 2.32. The van der Waals surface area contributed by atoms with Gasteiger partial charge in [0.1, 0.15) is 5.82 Å². The Balaban J connectivity index is 1.09. The van der Waals surface area contributed by atoms with Crippen molar-refractivity contribution in [2.45, 2.75) is 62.3 Å². The maximum Gasteiger partial charge on any atom is 0.261 e. The van der Waals surface area contributed by atoms with Crippen LogP contribution < -0.4 is 5.32 Å². The number of halogens is 3. The van der Waals surface area contributed by atoms with Crippen LogP contribution in [-0.2, 0) is 21.1 Å². The maximum absolute atomic E-state index is 13.4. The number of likely N-dealkylation sites (tertiary alicyclic amines) is 1. The first kappa shape index (κ1) is 31.3. The van der Waals surface area contributed by atoms with E-state index in [1.165, 1.54) is 12.1 Å². The van der Waals surface area contributed by atoms with Crippen molar-refractivity contribution in [2.24, 2.45) is 11.8 Å². The second kappa shape index (κ2) is 13.2. The molecule has 1 saturated heterocycles. The first-order valence-electron chi connectivity index (χ1n) is 15.1. The molecule has 5 rings (SSSR count). The Hall–Kier alpha value is -3.17. The Labute approximate surface area is 252 Å². The van der Waals surface area contributed by atoms with Crippen molar-refractivity contribution < 1.29 is 26.4 Å². The van der Waals surface area contributed by atoms with E-state index in [9.17, 15) is 26.4 Å². The van der Waals surface area contributed by atoms with Gasteiger partial charge in [0.05, 0.1) is 23.2 Å². The molecule has 0 spiro atoms. The molecule has 5 nitrogen and oxygen atoms in total. The third kappa shape index (κ3) is 8.26. The van der Waals surface area contributed by atoms with Crippen LogP contribution in [-0.4, -0.2) is 50.5 Å². The van der Waals surface area contributed by atoms with Crippen LogP contribution in [0.5, 0.6) is 0 Å². The zero-order chi connectivity index (χ0) is 30.6. The van der Waals surface area contributed by atoms with E-state index in [1.807, 2.05) is 43.3 Å². The number of carbonyl (C=O) groups is 1. The van der Waals surface area contributed by atoms with Gasteiger partial charge >= 0.3 is 0 Å². The van der Waals surface area contributed by atoms with Gasteiger partial charge in [0, 0.05) is 25.4 Å². The van der Waals surface area contributed by atoms with Gasteiger partial charge in [-0.15, -0.1) is 0 Å². The van der Waals surface area contributed by atoms with Crippen LogP contribution in [0.25, 0.3) is 11.1 Å². The summed E-state index contributed by atoms with van der Waals surface area (Å²) in [5, 5.41) is 3.01. The number of rotatable bonds is 10. The average molecular weight is 613 g/mol. The summed E-state index contributed by atoms with van der Waals surface area (Å²) in [6, 6.07) is 20.7. The van der Waals surface area contributed by atoms with Crippen molar-refractivity contribution >= 4 is 15.7 Å². The molecule has 1 N–H and O–H groups in total. The topological polar surface area (TPSA) is 66.5 Å². The number of carbonyl (C=O) groups excluding carboxylic acids is 1. The minimum atomic E-state index is -3.47. The molecule has 230 valence electrons. The van der Waals surface area contributed by atoms with E-state index in [0.717, 1.165) is 22.3 Å². The molecule has 1 aliphatic carbocycles. The lowest BCUT2D eigenvalue weighted by molar-refractivity contribution is -0.126. The van der Waals surface area contributed by atoms with Crippen LogP contribution in [0.15, 0.2) is 77.7 Å². The van der Waals surface area contributed by atoms with E-state index < -0.39 is 15.8 Å². The first-order valence-corrected chi connectivity index (χ1v) is 16.7. The molecule has 0 aromatic heterocycles. The van der Waals surface area contributed by atoms with Gasteiger partial charge in [-0.3, -0.25) is 9.69 Å². The average Bonchev–Trinajstić information content (AvgIpc) is 3.35. The van der Waals surface area contributed by atoms with Gasteiger partial charge in [-0.2, -0.15) is 0 Å². The molecule has 1 atom stereocenters. The fourth-order valence-electron chi connectivity index (χ4n) is 6.17. The van der Waals surface area contributed by atoms with E-state index in [0.29, 0.717) is 50.1 Å². The number of hydrogen-bond acceptors (Lipinski definition) is 4. The second-order valence-electron chi connectivity index (χ2n) is 12.1. The fourth-order valence-corrected chi connectivity index (χ4v) is 7.86. The Kier molecular flexibility index (Phi) is 9.61. The molecule has 1 saturated carbocycles. The summed E-state index contributed by atoms with van der Waals surface area (Å²) in [5.74, 6) is -3.03. The Bertz CT molecular complexity index is 1490. The molecule has 0 radical (unpaired) electrons. The van der Waals surface area contributed by atoms with Crippen molar-refractivity contribution in [3.63, 3.8) is 0 Å². The van der Waals surface area contributed by atoms with Gasteiger partial charge in [0.2, 0.25) is 5.91 Å². The van der Waals surface area contributed by atoms with E-state index in [2.05, 4.69) is 5.32 Å². The molecule has 1 heterocycles. The summed E-state index contributed by atoms with van der Waals surface area (Å²) in [4.78, 5) is 14.9. The first-order chi connectivity index (χ1) is 20.5. The quantitative estimate of drug-likeness (QED) is 0.273. The number of amides is 1. The van der Waals surface area contributed by atoms with Gasteiger partial charge in [-0.1, -0.05) is 48.5 Å². The number of nitrogens with zero attached hydrogens (tertiary/aromatic N) is 1. The number of alkyl halides is 2. The van der Waals surface area contributed by atoms with Crippen LogP contribution in [0.4, 0.5) is 13.2 Å². The second-order valence-corrected chi connectivity index (χ2v) is 14.2. The van der Waals surface area contributed by atoms with Crippen LogP contribution in [0.2, 0.25) is 0 Å². The van der Waals surface area contributed by atoms with Crippen molar-refractivity contribution in [3.8, 4) is 11.1 Å². The molecule has 9 heteroatoms. The summed E-state index contributed by atoms with van der Waals surface area (Å²) in [6.45, 7) is 2.73. The van der Waals surface area contributed by atoms with E-state index in [1.54, 1.807) is 29.2 Å². The molecule has 2 aliphatic rings. The lowest BCUT2D eigenvalue weighted by atomic mass is 9.82. The molecule has 3 aromatic carbocycles. The summed E-state index contributed by atoms with van der Waals surface area (Å²) in [6.07, 6.45) is 3.26. The predicted octanol–water partition coefficient (Wildman–Crippen LogP) is 6.83. The Morgan fingerprint density at radius 3 is 2.12 bits per heavy atom. The normalized spacial score (nSPS) is 21.4. The third-order valence-corrected chi connectivity index (χ3v) is 10.8. The van der Waals surface area contributed by atoms with Gasteiger partial charge in [-0.25, -0.2) is 21.6 Å². The zero-order valence-electron chi connectivity index (χ0n) is 24.4. The third-order valence-electron chi connectivity index (χ3n) is 8.87. The fraction of sp³-hybridized carbons (Fsp3) is 0.441. The van der Waals surface area contributed by atoms with Crippen LogP contribution in [0.3, 0.4) is 0 Å². The lowest BCUT2D eigenvalue weighted by Gasteiger charge is -2.28. The van der Waals surface area contributed by atoms with Crippen molar-refractivity contribution in [1.29, 1.82) is 0 Å². The van der Waals surface area contributed by atoms with Crippen LogP contribution in [0.1, 0.15) is 56.2 Å². The monoisotopic (exact) mass is 612 g/mol. The van der Waals surface area contributed by atoms with Crippen LogP contribution in [0, 0.1) is 17.7 Å². The van der Waals surface area contributed by atoms with Crippen LogP contribution >= 0.6 is 0 Å². The number of sulfone groups is 1. The molecule has 0 bridgehead atoms. The Morgan fingerprint density at radius 2 is 1.53 bits per heavy atom. The molecule has 2 fully saturated rings. The minimum absolute atomic E-state index is 0.00239. The highest BCUT2D eigenvalue weighted by atomic mass is 32.2. The highest BCUT2D eigenvalue weighted by molar-refractivity contribution is 7.91.